The SMILES string of the molecule is O=C(COC(=O)c1ccc2c(c1)NC(=O)[C@H]1CCCN21)NCc1cccc(Cl)c1. The Morgan fingerprint density at radius 1 is 1.24 bits per heavy atom. The minimum atomic E-state index is -0.622. The molecular weight excluding hydrogens is 394 g/mol. The third kappa shape index (κ3) is 4.19. The summed E-state index contributed by atoms with van der Waals surface area (Å²) in [6, 6.07) is 12.0. The van der Waals surface area contributed by atoms with Gasteiger partial charge in [-0.1, -0.05) is 23.7 Å². The van der Waals surface area contributed by atoms with Crippen molar-refractivity contribution in [1.82, 2.24) is 5.32 Å². The van der Waals surface area contributed by atoms with Crippen LogP contribution >= 0.6 is 11.6 Å². The van der Waals surface area contributed by atoms with E-state index < -0.39 is 18.5 Å². The van der Waals surface area contributed by atoms with E-state index in [1.807, 2.05) is 12.1 Å². The summed E-state index contributed by atoms with van der Waals surface area (Å²) >= 11 is 5.91. The van der Waals surface area contributed by atoms with Crippen LogP contribution in [-0.4, -0.2) is 37.0 Å². The van der Waals surface area contributed by atoms with Gasteiger partial charge < -0.3 is 20.3 Å². The van der Waals surface area contributed by atoms with Gasteiger partial charge in [0.1, 0.15) is 6.04 Å². The Bertz CT molecular complexity index is 978. The normalized spacial score (nSPS) is 17.2. The molecule has 2 heterocycles. The van der Waals surface area contributed by atoms with E-state index in [4.69, 9.17) is 16.3 Å². The summed E-state index contributed by atoms with van der Waals surface area (Å²) in [6.07, 6.45) is 1.80. The number of rotatable bonds is 5. The first kappa shape index (κ1) is 19.3. The summed E-state index contributed by atoms with van der Waals surface area (Å²) in [5.41, 5.74) is 2.63. The van der Waals surface area contributed by atoms with Crippen LogP contribution in [0.15, 0.2) is 42.5 Å². The molecule has 2 aromatic rings. The lowest BCUT2D eigenvalue weighted by Gasteiger charge is -2.33. The van der Waals surface area contributed by atoms with Crippen LogP contribution in [0, 0.1) is 0 Å². The maximum absolute atomic E-state index is 12.3. The number of carbonyl (C=O) groups is 3. The zero-order valence-corrected chi connectivity index (χ0v) is 16.4. The molecule has 150 valence electrons. The van der Waals surface area contributed by atoms with Crippen LogP contribution in [0.2, 0.25) is 5.02 Å². The van der Waals surface area contributed by atoms with E-state index in [1.165, 1.54) is 0 Å². The minimum Gasteiger partial charge on any atom is -0.452 e. The monoisotopic (exact) mass is 413 g/mol. The highest BCUT2D eigenvalue weighted by Crippen LogP contribution is 2.37. The number of nitrogens with one attached hydrogen (secondary N) is 2. The Hall–Kier alpha value is -3.06. The zero-order chi connectivity index (χ0) is 20.4. The number of amides is 2. The third-order valence-corrected chi connectivity index (χ3v) is 5.30. The van der Waals surface area contributed by atoms with Crippen LogP contribution in [0.5, 0.6) is 0 Å². The van der Waals surface area contributed by atoms with Crippen LogP contribution < -0.4 is 15.5 Å². The van der Waals surface area contributed by atoms with E-state index in [9.17, 15) is 14.4 Å². The molecule has 2 aromatic carbocycles. The van der Waals surface area contributed by atoms with Gasteiger partial charge >= 0.3 is 5.97 Å². The summed E-state index contributed by atoms with van der Waals surface area (Å²) < 4.78 is 5.10. The van der Waals surface area contributed by atoms with Gasteiger partial charge in [-0.2, -0.15) is 0 Å². The fourth-order valence-electron chi connectivity index (χ4n) is 3.67. The summed E-state index contributed by atoms with van der Waals surface area (Å²) in [5, 5.41) is 6.12. The van der Waals surface area contributed by atoms with Crippen LogP contribution in [0.3, 0.4) is 0 Å². The molecule has 2 N–H and O–H groups in total. The number of benzene rings is 2. The average molecular weight is 414 g/mol. The van der Waals surface area contributed by atoms with Gasteiger partial charge in [0.05, 0.1) is 16.9 Å². The smallest absolute Gasteiger partial charge is 0.338 e. The lowest BCUT2D eigenvalue weighted by atomic mass is 10.1. The highest BCUT2D eigenvalue weighted by Gasteiger charge is 2.36. The number of carbonyl (C=O) groups excluding carboxylic acids is 3. The molecule has 0 unspecified atom stereocenters. The van der Waals surface area contributed by atoms with E-state index >= 15 is 0 Å². The highest BCUT2D eigenvalue weighted by molar-refractivity contribution is 6.30. The van der Waals surface area contributed by atoms with Crippen LogP contribution in [0.4, 0.5) is 11.4 Å². The van der Waals surface area contributed by atoms with Crippen molar-refractivity contribution in [3.63, 3.8) is 0 Å². The molecule has 7 nitrogen and oxygen atoms in total. The van der Waals surface area contributed by atoms with Crippen LogP contribution in [0.25, 0.3) is 0 Å². The Morgan fingerprint density at radius 3 is 2.93 bits per heavy atom. The number of halogens is 1. The van der Waals surface area contributed by atoms with Crippen molar-refractivity contribution in [1.29, 1.82) is 0 Å². The molecule has 2 aliphatic heterocycles. The second-order valence-corrected chi connectivity index (χ2v) is 7.49. The van der Waals surface area contributed by atoms with E-state index in [2.05, 4.69) is 15.5 Å². The topological polar surface area (TPSA) is 87.7 Å². The standard InChI is InChI=1S/C21H20ClN3O4/c22-15-4-1-3-13(9-15)11-23-19(26)12-29-21(28)14-6-7-17-16(10-14)24-20(27)18-5-2-8-25(17)18/h1,3-4,6-7,9-10,18H,2,5,8,11-12H2,(H,23,26)(H,24,27)/t18-/m1/s1. The molecule has 2 amide bonds. The largest absolute Gasteiger partial charge is 0.452 e. The van der Waals surface area contributed by atoms with Gasteiger partial charge in [-0.3, -0.25) is 9.59 Å². The number of anilines is 2. The van der Waals surface area contributed by atoms with Crippen LogP contribution in [-0.2, 0) is 20.9 Å². The van der Waals surface area contributed by atoms with Crippen molar-refractivity contribution in [2.75, 3.05) is 23.4 Å². The quantitative estimate of drug-likeness (QED) is 0.736. The van der Waals surface area contributed by atoms with E-state index in [1.54, 1.807) is 30.3 Å². The molecule has 4 rings (SSSR count). The molecule has 29 heavy (non-hydrogen) atoms. The molecule has 1 saturated heterocycles. The van der Waals surface area contributed by atoms with Crippen molar-refractivity contribution in [3.8, 4) is 0 Å². The van der Waals surface area contributed by atoms with Crippen molar-refractivity contribution in [2.24, 2.45) is 0 Å². The number of nitrogens with zero attached hydrogens (tertiary/aromatic N) is 1. The van der Waals surface area contributed by atoms with E-state index in [0.29, 0.717) is 17.3 Å². The lowest BCUT2D eigenvalue weighted by Crippen LogP contribution is -2.43. The van der Waals surface area contributed by atoms with Crippen molar-refractivity contribution < 1.29 is 19.1 Å². The van der Waals surface area contributed by atoms with Gasteiger partial charge in [-0.15, -0.1) is 0 Å². The van der Waals surface area contributed by atoms with E-state index in [0.717, 1.165) is 30.6 Å². The van der Waals surface area contributed by atoms with Crippen molar-refractivity contribution in [2.45, 2.75) is 25.4 Å². The van der Waals surface area contributed by atoms with Gasteiger partial charge in [-0.25, -0.2) is 4.79 Å². The van der Waals surface area contributed by atoms with Crippen molar-refractivity contribution >= 4 is 40.8 Å². The maximum Gasteiger partial charge on any atom is 0.338 e. The lowest BCUT2D eigenvalue weighted by molar-refractivity contribution is -0.124. The molecule has 0 aliphatic carbocycles. The number of ether oxygens (including phenoxy) is 1. The predicted molar refractivity (Wildman–Crippen MR) is 109 cm³/mol. The van der Waals surface area contributed by atoms with Gasteiger partial charge in [-0.05, 0) is 48.7 Å². The maximum atomic E-state index is 12.3. The van der Waals surface area contributed by atoms with E-state index in [-0.39, 0.29) is 17.5 Å². The first-order valence-corrected chi connectivity index (χ1v) is 9.79. The van der Waals surface area contributed by atoms with Gasteiger partial charge in [0.25, 0.3) is 5.91 Å². The number of fused-ring (bicyclic) bond motifs is 3. The summed E-state index contributed by atoms with van der Waals surface area (Å²) in [5.74, 6) is -1.09. The fourth-order valence-corrected chi connectivity index (χ4v) is 3.88. The Labute approximate surface area is 173 Å². The molecule has 1 atom stereocenters. The predicted octanol–water partition coefficient (Wildman–Crippen LogP) is 2.73. The van der Waals surface area contributed by atoms with Gasteiger partial charge in [0.2, 0.25) is 5.91 Å². The first-order valence-electron chi connectivity index (χ1n) is 9.41. The molecule has 1 fully saturated rings. The zero-order valence-electron chi connectivity index (χ0n) is 15.6. The Morgan fingerprint density at radius 2 is 2.10 bits per heavy atom. The molecule has 0 aromatic heterocycles. The van der Waals surface area contributed by atoms with Crippen LogP contribution in [0.1, 0.15) is 28.8 Å². The summed E-state index contributed by atoms with van der Waals surface area (Å²) in [7, 11) is 0. The third-order valence-electron chi connectivity index (χ3n) is 5.07. The highest BCUT2D eigenvalue weighted by atomic mass is 35.5. The molecule has 0 radical (unpaired) electrons. The number of hydrogen-bond acceptors (Lipinski definition) is 5. The second-order valence-electron chi connectivity index (χ2n) is 7.06. The summed E-state index contributed by atoms with van der Waals surface area (Å²) in [4.78, 5) is 38.5. The molecule has 8 heteroatoms. The minimum absolute atomic E-state index is 0.0547. The molecule has 0 spiro atoms. The number of hydrogen-bond donors (Lipinski definition) is 2. The Kier molecular flexibility index (Phi) is 5.40. The van der Waals surface area contributed by atoms with Gasteiger partial charge in [0.15, 0.2) is 6.61 Å². The molecule has 2 aliphatic rings. The fraction of sp³-hybridized carbons (Fsp3) is 0.286. The summed E-state index contributed by atoms with van der Waals surface area (Å²) in [6.45, 7) is 0.720. The molecule has 0 bridgehead atoms. The van der Waals surface area contributed by atoms with Crippen molar-refractivity contribution in [3.05, 3.63) is 58.6 Å². The van der Waals surface area contributed by atoms with Gasteiger partial charge in [0, 0.05) is 18.1 Å². The number of esters is 1. The molecular formula is C21H20ClN3O4. The average Bonchev–Trinajstić information content (AvgIpc) is 3.21. The first-order chi connectivity index (χ1) is 14.0. The second kappa shape index (κ2) is 8.13. The Balaban J connectivity index is 1.34. The molecule has 0 saturated carbocycles.